The van der Waals surface area contributed by atoms with Crippen LogP contribution in [0.4, 0.5) is 11.4 Å². The molecule has 142 valence electrons. The molecule has 0 aliphatic carbocycles. The molecule has 6 heteroatoms. The Morgan fingerprint density at radius 2 is 1.59 bits per heavy atom. The van der Waals surface area contributed by atoms with Gasteiger partial charge in [0.25, 0.3) is 5.91 Å². The van der Waals surface area contributed by atoms with Gasteiger partial charge in [-0.1, -0.05) is 37.3 Å². The maximum atomic E-state index is 11.9. The van der Waals surface area contributed by atoms with Crippen molar-refractivity contribution in [3.63, 3.8) is 0 Å². The second-order valence-electron chi connectivity index (χ2n) is 6.12. The summed E-state index contributed by atoms with van der Waals surface area (Å²) in [5.41, 5.74) is 3.47. The SMILES string of the molecule is CCc1ccc(NC(=O)COC(=O)CCC(=O)Nc2ccccc2C)cc1. The van der Waals surface area contributed by atoms with E-state index in [1.54, 1.807) is 18.2 Å². The lowest BCUT2D eigenvalue weighted by molar-refractivity contribution is -0.147. The Balaban J connectivity index is 1.68. The molecule has 27 heavy (non-hydrogen) atoms. The molecule has 0 atom stereocenters. The fraction of sp³-hybridized carbons (Fsp3) is 0.286. The number of amides is 2. The molecule has 0 saturated carbocycles. The number of esters is 1. The first-order valence-corrected chi connectivity index (χ1v) is 8.88. The van der Waals surface area contributed by atoms with Crippen molar-refractivity contribution < 1.29 is 19.1 Å². The number of benzene rings is 2. The standard InChI is InChI=1S/C21H24N2O4/c1-3-16-8-10-17(11-9-16)22-20(25)14-27-21(26)13-12-19(24)23-18-7-5-4-6-15(18)2/h4-11H,3,12-14H2,1-2H3,(H,22,25)(H,23,24). The minimum Gasteiger partial charge on any atom is -0.456 e. The Labute approximate surface area is 158 Å². The van der Waals surface area contributed by atoms with Crippen LogP contribution in [-0.4, -0.2) is 24.4 Å². The van der Waals surface area contributed by atoms with E-state index in [2.05, 4.69) is 10.6 Å². The van der Waals surface area contributed by atoms with Gasteiger partial charge in [0.1, 0.15) is 0 Å². The van der Waals surface area contributed by atoms with Gasteiger partial charge in [0.2, 0.25) is 5.91 Å². The van der Waals surface area contributed by atoms with Gasteiger partial charge in [0.15, 0.2) is 6.61 Å². The van der Waals surface area contributed by atoms with Gasteiger partial charge >= 0.3 is 5.97 Å². The molecule has 0 spiro atoms. The van der Waals surface area contributed by atoms with E-state index >= 15 is 0 Å². The first-order chi connectivity index (χ1) is 13.0. The van der Waals surface area contributed by atoms with Crippen LogP contribution < -0.4 is 10.6 Å². The predicted octanol–water partition coefficient (Wildman–Crippen LogP) is 3.46. The van der Waals surface area contributed by atoms with Gasteiger partial charge < -0.3 is 15.4 Å². The lowest BCUT2D eigenvalue weighted by atomic mass is 10.1. The third-order valence-corrected chi connectivity index (χ3v) is 3.99. The molecule has 6 nitrogen and oxygen atoms in total. The first-order valence-electron chi connectivity index (χ1n) is 8.88. The summed E-state index contributed by atoms with van der Waals surface area (Å²) in [7, 11) is 0. The van der Waals surface area contributed by atoms with Gasteiger partial charge in [-0.05, 0) is 42.7 Å². The van der Waals surface area contributed by atoms with Gasteiger partial charge in [-0.25, -0.2) is 0 Å². The van der Waals surface area contributed by atoms with Crippen molar-refractivity contribution in [3.8, 4) is 0 Å². The van der Waals surface area contributed by atoms with Crippen LogP contribution in [0.5, 0.6) is 0 Å². The average molecular weight is 368 g/mol. The number of nitrogens with one attached hydrogen (secondary N) is 2. The highest BCUT2D eigenvalue weighted by atomic mass is 16.5. The Kier molecular flexibility index (Phi) is 7.55. The summed E-state index contributed by atoms with van der Waals surface area (Å²) in [6, 6.07) is 14.8. The summed E-state index contributed by atoms with van der Waals surface area (Å²) in [5.74, 6) is -1.29. The molecule has 0 radical (unpaired) electrons. The van der Waals surface area contributed by atoms with Crippen molar-refractivity contribution in [2.75, 3.05) is 17.2 Å². The van der Waals surface area contributed by atoms with Crippen molar-refractivity contribution in [2.45, 2.75) is 33.1 Å². The highest BCUT2D eigenvalue weighted by molar-refractivity contribution is 5.94. The van der Waals surface area contributed by atoms with Crippen LogP contribution in [-0.2, 0) is 25.5 Å². The molecule has 0 aliphatic heterocycles. The minimum atomic E-state index is -0.591. The number of rotatable bonds is 8. The fourth-order valence-electron chi connectivity index (χ4n) is 2.38. The molecule has 2 N–H and O–H groups in total. The van der Waals surface area contributed by atoms with Crippen LogP contribution in [0, 0.1) is 6.92 Å². The molecule has 2 aromatic rings. The third kappa shape index (κ3) is 6.93. The Morgan fingerprint density at radius 3 is 2.26 bits per heavy atom. The summed E-state index contributed by atoms with van der Waals surface area (Å²) in [5, 5.41) is 5.40. The number of ether oxygens (including phenoxy) is 1. The smallest absolute Gasteiger partial charge is 0.306 e. The fourth-order valence-corrected chi connectivity index (χ4v) is 2.38. The quantitative estimate of drug-likeness (QED) is 0.699. The van der Waals surface area contributed by atoms with Crippen LogP contribution in [0.15, 0.2) is 48.5 Å². The van der Waals surface area contributed by atoms with Gasteiger partial charge in [0, 0.05) is 17.8 Å². The maximum Gasteiger partial charge on any atom is 0.306 e. The molecule has 0 saturated heterocycles. The summed E-state index contributed by atoms with van der Waals surface area (Å²) >= 11 is 0. The van der Waals surface area contributed by atoms with Crippen LogP contribution in [0.3, 0.4) is 0 Å². The summed E-state index contributed by atoms with van der Waals surface area (Å²) in [6.07, 6.45) is 0.826. The molecule has 0 unspecified atom stereocenters. The van der Waals surface area contributed by atoms with Crippen molar-refractivity contribution in [1.29, 1.82) is 0 Å². The maximum absolute atomic E-state index is 11.9. The number of hydrogen-bond acceptors (Lipinski definition) is 4. The first kappa shape index (κ1) is 20.2. The zero-order valence-electron chi connectivity index (χ0n) is 15.6. The van der Waals surface area contributed by atoms with Crippen LogP contribution in [0.25, 0.3) is 0 Å². The van der Waals surface area contributed by atoms with E-state index in [4.69, 9.17) is 4.74 Å². The number of anilines is 2. The molecule has 2 rings (SSSR count). The normalized spacial score (nSPS) is 10.1. The number of carbonyl (C=O) groups excluding carboxylic acids is 3. The van der Waals surface area contributed by atoms with Crippen molar-refractivity contribution in [1.82, 2.24) is 0 Å². The number of hydrogen-bond donors (Lipinski definition) is 2. The molecular formula is C21H24N2O4. The Bertz CT molecular complexity index is 800. The van der Waals surface area contributed by atoms with Crippen LogP contribution >= 0.6 is 0 Å². The summed E-state index contributed by atoms with van der Waals surface area (Å²) < 4.78 is 4.91. The van der Waals surface area contributed by atoms with Gasteiger partial charge in [-0.3, -0.25) is 14.4 Å². The number of para-hydroxylation sites is 1. The van der Waals surface area contributed by atoms with E-state index in [-0.39, 0.29) is 25.4 Å². The molecule has 0 bridgehead atoms. The third-order valence-electron chi connectivity index (χ3n) is 3.99. The van der Waals surface area contributed by atoms with Crippen LogP contribution in [0.2, 0.25) is 0 Å². The summed E-state index contributed by atoms with van der Waals surface area (Å²) in [4.78, 5) is 35.4. The highest BCUT2D eigenvalue weighted by Crippen LogP contribution is 2.13. The topological polar surface area (TPSA) is 84.5 Å². The molecule has 0 fully saturated rings. The number of aryl methyl sites for hydroxylation is 2. The lowest BCUT2D eigenvalue weighted by Gasteiger charge is -2.09. The zero-order valence-corrected chi connectivity index (χ0v) is 15.6. The Hall–Kier alpha value is -3.15. The molecule has 2 aromatic carbocycles. The molecule has 0 aromatic heterocycles. The molecule has 0 heterocycles. The van der Waals surface area contributed by atoms with Gasteiger partial charge in [-0.15, -0.1) is 0 Å². The second kappa shape index (κ2) is 10.1. The van der Waals surface area contributed by atoms with Gasteiger partial charge in [-0.2, -0.15) is 0 Å². The Morgan fingerprint density at radius 1 is 0.889 bits per heavy atom. The largest absolute Gasteiger partial charge is 0.456 e. The van der Waals surface area contributed by atoms with E-state index in [0.717, 1.165) is 12.0 Å². The van der Waals surface area contributed by atoms with Crippen molar-refractivity contribution >= 4 is 29.2 Å². The molecular weight excluding hydrogens is 344 g/mol. The van der Waals surface area contributed by atoms with E-state index in [1.165, 1.54) is 5.56 Å². The van der Waals surface area contributed by atoms with Crippen molar-refractivity contribution in [3.05, 3.63) is 59.7 Å². The minimum absolute atomic E-state index is 0.00668. The van der Waals surface area contributed by atoms with E-state index in [1.807, 2.05) is 44.2 Å². The van der Waals surface area contributed by atoms with Gasteiger partial charge in [0.05, 0.1) is 6.42 Å². The van der Waals surface area contributed by atoms with E-state index in [9.17, 15) is 14.4 Å². The zero-order chi connectivity index (χ0) is 19.6. The van der Waals surface area contributed by atoms with Crippen molar-refractivity contribution in [2.24, 2.45) is 0 Å². The van der Waals surface area contributed by atoms with Crippen LogP contribution in [0.1, 0.15) is 30.9 Å². The highest BCUT2D eigenvalue weighted by Gasteiger charge is 2.11. The second-order valence-corrected chi connectivity index (χ2v) is 6.12. The molecule has 0 aliphatic rings. The summed E-state index contributed by atoms with van der Waals surface area (Å²) in [6.45, 7) is 3.56. The molecule has 2 amide bonds. The monoisotopic (exact) mass is 368 g/mol. The lowest BCUT2D eigenvalue weighted by Crippen LogP contribution is -2.21. The van der Waals surface area contributed by atoms with E-state index < -0.39 is 11.9 Å². The average Bonchev–Trinajstić information content (AvgIpc) is 2.67. The predicted molar refractivity (Wildman–Crippen MR) is 104 cm³/mol. The number of carbonyl (C=O) groups is 3. The van der Waals surface area contributed by atoms with E-state index in [0.29, 0.717) is 11.4 Å².